The van der Waals surface area contributed by atoms with Crippen molar-refractivity contribution in [1.82, 2.24) is 20.2 Å². The smallest absolute Gasteiger partial charge is 0.148 e. The van der Waals surface area contributed by atoms with Crippen molar-refractivity contribution in [2.75, 3.05) is 0 Å². The average Bonchev–Trinajstić information content (AvgIpc) is 2.18. The molecule has 0 unspecified atom stereocenters. The van der Waals surface area contributed by atoms with Crippen molar-refractivity contribution in [2.24, 2.45) is 0 Å². The highest BCUT2D eigenvalue weighted by Gasteiger charge is 1.95. The van der Waals surface area contributed by atoms with Gasteiger partial charge < -0.3 is 0 Å². The van der Waals surface area contributed by atoms with Crippen LogP contribution >= 0.6 is 0 Å². The molecular weight excluding hydrogens is 116 g/mol. The Hall–Kier alpha value is -0.930. The standard InChI is InChI=1S/C5H10N4/c1-3-4-9-5(2)6-7-8-9/h3-4H2,1-2H3. The van der Waals surface area contributed by atoms with Gasteiger partial charge in [0.2, 0.25) is 0 Å². The molecule has 50 valence electrons. The van der Waals surface area contributed by atoms with Crippen LogP contribution in [0.15, 0.2) is 0 Å². The first-order chi connectivity index (χ1) is 4.34. The summed E-state index contributed by atoms with van der Waals surface area (Å²) in [4.78, 5) is 0. The fourth-order valence-corrected chi connectivity index (χ4v) is 0.668. The lowest BCUT2D eigenvalue weighted by molar-refractivity contribution is 0.566. The molecule has 0 fully saturated rings. The minimum atomic E-state index is 0.886. The van der Waals surface area contributed by atoms with Gasteiger partial charge in [0.1, 0.15) is 5.82 Å². The molecule has 0 aromatic carbocycles. The molecule has 9 heavy (non-hydrogen) atoms. The average molecular weight is 126 g/mol. The summed E-state index contributed by atoms with van der Waals surface area (Å²) in [5.41, 5.74) is 0. The zero-order valence-corrected chi connectivity index (χ0v) is 5.70. The molecule has 1 aromatic heterocycles. The summed E-state index contributed by atoms with van der Waals surface area (Å²) in [6.07, 6.45) is 1.08. The Kier molecular flexibility index (Phi) is 1.77. The van der Waals surface area contributed by atoms with Gasteiger partial charge >= 0.3 is 0 Å². The number of nitrogens with zero attached hydrogens (tertiary/aromatic N) is 4. The number of tetrazole rings is 1. The van der Waals surface area contributed by atoms with Gasteiger partial charge in [0.15, 0.2) is 0 Å². The largest absolute Gasteiger partial charge is 0.230 e. The molecule has 0 saturated heterocycles. The third kappa shape index (κ3) is 1.25. The molecular formula is C5H10N4. The van der Waals surface area contributed by atoms with E-state index >= 15 is 0 Å². The van der Waals surface area contributed by atoms with Gasteiger partial charge in [0.25, 0.3) is 0 Å². The Morgan fingerprint density at radius 3 is 2.78 bits per heavy atom. The number of hydrogen-bond donors (Lipinski definition) is 0. The van der Waals surface area contributed by atoms with Crippen molar-refractivity contribution in [3.8, 4) is 0 Å². The lowest BCUT2D eigenvalue weighted by Gasteiger charge is -1.94. The van der Waals surface area contributed by atoms with Gasteiger partial charge in [0, 0.05) is 6.54 Å². The van der Waals surface area contributed by atoms with Crippen molar-refractivity contribution in [3.63, 3.8) is 0 Å². The molecule has 0 N–H and O–H groups in total. The van der Waals surface area contributed by atoms with Crippen molar-refractivity contribution in [3.05, 3.63) is 5.82 Å². The molecule has 1 rings (SSSR count). The summed E-state index contributed by atoms with van der Waals surface area (Å²) < 4.78 is 1.79. The van der Waals surface area contributed by atoms with Crippen LogP contribution in [-0.4, -0.2) is 20.2 Å². The molecule has 0 aliphatic carbocycles. The molecule has 0 spiro atoms. The van der Waals surface area contributed by atoms with Crippen molar-refractivity contribution < 1.29 is 0 Å². The molecule has 1 aromatic rings. The van der Waals surface area contributed by atoms with E-state index in [1.165, 1.54) is 0 Å². The van der Waals surface area contributed by atoms with E-state index < -0.39 is 0 Å². The highest BCUT2D eigenvalue weighted by molar-refractivity contribution is 4.71. The number of hydrogen-bond acceptors (Lipinski definition) is 3. The summed E-state index contributed by atoms with van der Waals surface area (Å²) >= 11 is 0. The fraction of sp³-hybridized carbons (Fsp3) is 0.800. The molecule has 4 nitrogen and oxygen atoms in total. The molecule has 0 bridgehead atoms. The van der Waals surface area contributed by atoms with Crippen LogP contribution in [0.4, 0.5) is 0 Å². The Morgan fingerprint density at radius 1 is 1.56 bits per heavy atom. The molecule has 4 heteroatoms. The van der Waals surface area contributed by atoms with E-state index in [-0.39, 0.29) is 0 Å². The van der Waals surface area contributed by atoms with E-state index in [4.69, 9.17) is 0 Å². The van der Waals surface area contributed by atoms with Crippen LogP contribution in [0, 0.1) is 6.92 Å². The van der Waals surface area contributed by atoms with Crippen LogP contribution in [-0.2, 0) is 6.54 Å². The quantitative estimate of drug-likeness (QED) is 0.575. The van der Waals surface area contributed by atoms with Crippen LogP contribution in [0.3, 0.4) is 0 Å². The van der Waals surface area contributed by atoms with Crippen LogP contribution in [0.1, 0.15) is 19.2 Å². The van der Waals surface area contributed by atoms with E-state index in [1.54, 1.807) is 4.68 Å². The molecule has 0 saturated carbocycles. The van der Waals surface area contributed by atoms with Crippen molar-refractivity contribution >= 4 is 0 Å². The monoisotopic (exact) mass is 126 g/mol. The highest BCUT2D eigenvalue weighted by Crippen LogP contribution is 1.89. The van der Waals surface area contributed by atoms with E-state index in [0.717, 1.165) is 18.8 Å². The van der Waals surface area contributed by atoms with Crippen LogP contribution in [0.2, 0.25) is 0 Å². The van der Waals surface area contributed by atoms with E-state index in [9.17, 15) is 0 Å². The van der Waals surface area contributed by atoms with Crippen molar-refractivity contribution in [2.45, 2.75) is 26.8 Å². The van der Waals surface area contributed by atoms with Crippen LogP contribution < -0.4 is 0 Å². The van der Waals surface area contributed by atoms with Crippen molar-refractivity contribution in [1.29, 1.82) is 0 Å². The van der Waals surface area contributed by atoms with Gasteiger partial charge in [-0.25, -0.2) is 4.68 Å². The topological polar surface area (TPSA) is 43.6 Å². The first-order valence-corrected chi connectivity index (χ1v) is 3.07. The third-order valence-corrected chi connectivity index (χ3v) is 1.15. The van der Waals surface area contributed by atoms with Gasteiger partial charge in [-0.15, -0.1) is 5.10 Å². The Labute approximate surface area is 53.9 Å². The zero-order chi connectivity index (χ0) is 6.69. The molecule has 1 heterocycles. The number of rotatable bonds is 2. The summed E-state index contributed by atoms with van der Waals surface area (Å²) in [6, 6.07) is 0. The first kappa shape index (κ1) is 6.19. The van der Waals surface area contributed by atoms with Gasteiger partial charge in [-0.3, -0.25) is 0 Å². The number of aryl methyl sites for hydroxylation is 2. The maximum atomic E-state index is 3.76. The normalized spacial score (nSPS) is 10.0. The molecule has 0 aliphatic rings. The van der Waals surface area contributed by atoms with Gasteiger partial charge in [0.05, 0.1) is 0 Å². The lowest BCUT2D eigenvalue weighted by atomic mass is 10.5. The fourth-order valence-electron chi connectivity index (χ4n) is 0.668. The summed E-state index contributed by atoms with van der Waals surface area (Å²) in [5.74, 6) is 0.886. The molecule has 0 radical (unpaired) electrons. The Balaban J connectivity index is 2.69. The van der Waals surface area contributed by atoms with Gasteiger partial charge in [-0.1, -0.05) is 6.92 Å². The zero-order valence-electron chi connectivity index (χ0n) is 5.70. The van der Waals surface area contributed by atoms with E-state index in [2.05, 4.69) is 22.4 Å². The third-order valence-electron chi connectivity index (χ3n) is 1.15. The minimum Gasteiger partial charge on any atom is -0.230 e. The molecule has 0 aliphatic heterocycles. The predicted molar refractivity (Wildman–Crippen MR) is 32.8 cm³/mol. The minimum absolute atomic E-state index is 0.886. The maximum Gasteiger partial charge on any atom is 0.148 e. The second kappa shape index (κ2) is 2.57. The summed E-state index contributed by atoms with van der Waals surface area (Å²) in [6.45, 7) is 4.91. The Bertz CT molecular complexity index is 181. The number of aromatic nitrogens is 4. The SMILES string of the molecule is CCCn1nnnc1C. The van der Waals surface area contributed by atoms with Crippen LogP contribution in [0.25, 0.3) is 0 Å². The van der Waals surface area contributed by atoms with E-state index in [0.29, 0.717) is 0 Å². The van der Waals surface area contributed by atoms with Gasteiger partial charge in [-0.2, -0.15) is 0 Å². The summed E-state index contributed by atoms with van der Waals surface area (Å²) in [7, 11) is 0. The lowest BCUT2D eigenvalue weighted by Crippen LogP contribution is -2.01. The predicted octanol–water partition coefficient (Wildman–Crippen LogP) is 0.392. The molecule has 0 atom stereocenters. The maximum absolute atomic E-state index is 3.76. The first-order valence-electron chi connectivity index (χ1n) is 3.07. The Morgan fingerprint density at radius 2 is 2.33 bits per heavy atom. The van der Waals surface area contributed by atoms with Crippen LogP contribution in [0.5, 0.6) is 0 Å². The second-order valence-electron chi connectivity index (χ2n) is 1.95. The highest BCUT2D eigenvalue weighted by atomic mass is 15.5. The molecule has 0 amide bonds. The second-order valence-corrected chi connectivity index (χ2v) is 1.95. The van der Waals surface area contributed by atoms with Gasteiger partial charge in [-0.05, 0) is 23.8 Å². The summed E-state index contributed by atoms with van der Waals surface area (Å²) in [5, 5.41) is 11.0. The van der Waals surface area contributed by atoms with E-state index in [1.807, 2.05) is 6.92 Å².